The summed E-state index contributed by atoms with van der Waals surface area (Å²) in [5.74, 6) is 0. The third-order valence-electron chi connectivity index (χ3n) is 1.28. The SMILES string of the molecule is CC(C)(C)OC(=O)OCO[PH](=O)C(C)(C)N. The number of carbonyl (C=O) groups excluding carboxylic acids is 1. The maximum absolute atomic E-state index is 11.3. The van der Waals surface area contributed by atoms with Gasteiger partial charge in [-0.15, -0.1) is 0 Å². The largest absolute Gasteiger partial charge is 0.510 e. The fourth-order valence-corrected chi connectivity index (χ4v) is 1.13. The molecule has 0 aromatic rings. The van der Waals surface area contributed by atoms with Crippen molar-refractivity contribution in [1.29, 1.82) is 0 Å². The van der Waals surface area contributed by atoms with E-state index in [1.54, 1.807) is 34.6 Å². The van der Waals surface area contributed by atoms with Crippen LogP contribution in [0.25, 0.3) is 0 Å². The molecule has 0 rings (SSSR count). The van der Waals surface area contributed by atoms with E-state index < -0.39 is 31.9 Å². The molecule has 0 heterocycles. The van der Waals surface area contributed by atoms with E-state index in [0.29, 0.717) is 0 Å². The molecule has 0 amide bonds. The van der Waals surface area contributed by atoms with Gasteiger partial charge >= 0.3 is 6.16 Å². The van der Waals surface area contributed by atoms with Crippen molar-refractivity contribution in [2.24, 2.45) is 5.73 Å². The third kappa shape index (κ3) is 7.68. The van der Waals surface area contributed by atoms with E-state index in [9.17, 15) is 9.36 Å². The van der Waals surface area contributed by atoms with Gasteiger partial charge in [-0.05, 0) is 34.6 Å². The molecule has 0 saturated heterocycles. The number of nitrogens with two attached hydrogens (primary N) is 1. The molecule has 7 heteroatoms. The fourth-order valence-electron chi connectivity index (χ4n) is 0.597. The van der Waals surface area contributed by atoms with Crippen LogP contribution in [0.2, 0.25) is 0 Å². The lowest BCUT2D eigenvalue weighted by atomic mass is 10.2. The van der Waals surface area contributed by atoms with Crippen LogP contribution in [0.5, 0.6) is 0 Å². The zero-order chi connectivity index (χ0) is 13.0. The maximum Gasteiger partial charge on any atom is 0.510 e. The molecule has 1 atom stereocenters. The van der Waals surface area contributed by atoms with E-state index >= 15 is 0 Å². The molecule has 2 N–H and O–H groups in total. The number of hydrogen-bond donors (Lipinski definition) is 1. The predicted octanol–water partition coefficient (Wildman–Crippen LogP) is 2.08. The molecule has 0 aromatic carbocycles. The summed E-state index contributed by atoms with van der Waals surface area (Å²) in [7, 11) is -2.45. The number of ether oxygens (including phenoxy) is 2. The smallest absolute Gasteiger partial charge is 0.429 e. The van der Waals surface area contributed by atoms with Gasteiger partial charge in [0.25, 0.3) is 0 Å². The molecule has 0 radical (unpaired) electrons. The Balaban J connectivity index is 3.84. The second-order valence-corrected chi connectivity index (χ2v) is 7.03. The highest BCUT2D eigenvalue weighted by Crippen LogP contribution is 2.34. The highest BCUT2D eigenvalue weighted by atomic mass is 31.1. The summed E-state index contributed by atoms with van der Waals surface area (Å²) in [6, 6.07) is 0. The molecular weight excluding hydrogens is 233 g/mol. The van der Waals surface area contributed by atoms with Crippen molar-refractivity contribution in [3.63, 3.8) is 0 Å². The lowest BCUT2D eigenvalue weighted by Gasteiger charge is -2.20. The standard InChI is InChI=1S/C9H20NO5P/c1-8(2,3)15-7(11)13-6-14-16(12)9(4,5)10/h16H,6,10H2,1-5H3. The predicted molar refractivity (Wildman–Crippen MR) is 60.5 cm³/mol. The van der Waals surface area contributed by atoms with Crippen LogP contribution in [0, 0.1) is 0 Å². The summed E-state index contributed by atoms with van der Waals surface area (Å²) in [6.07, 6.45) is -0.864. The molecule has 0 aliphatic rings. The van der Waals surface area contributed by atoms with Gasteiger partial charge in [-0.2, -0.15) is 0 Å². The molecule has 0 aromatic heterocycles. The third-order valence-corrected chi connectivity index (χ3v) is 2.71. The quantitative estimate of drug-likeness (QED) is 0.469. The average molecular weight is 253 g/mol. The highest BCUT2D eigenvalue weighted by molar-refractivity contribution is 7.40. The van der Waals surface area contributed by atoms with Gasteiger partial charge in [-0.3, -0.25) is 9.09 Å². The lowest BCUT2D eigenvalue weighted by Crippen LogP contribution is -2.28. The second kappa shape index (κ2) is 5.66. The maximum atomic E-state index is 11.3. The normalized spacial score (nSPS) is 14.4. The van der Waals surface area contributed by atoms with Crippen LogP contribution < -0.4 is 5.73 Å². The summed E-state index contributed by atoms with van der Waals surface area (Å²) in [5, 5.41) is -0.929. The van der Waals surface area contributed by atoms with Crippen LogP contribution in [0.1, 0.15) is 34.6 Å². The fraction of sp³-hybridized carbons (Fsp3) is 0.889. The Morgan fingerprint density at radius 2 is 1.75 bits per heavy atom. The highest BCUT2D eigenvalue weighted by Gasteiger charge is 2.22. The van der Waals surface area contributed by atoms with Crippen LogP contribution >= 0.6 is 8.03 Å². The molecule has 16 heavy (non-hydrogen) atoms. The Labute approximate surface area is 96.3 Å². The minimum Gasteiger partial charge on any atom is -0.429 e. The van der Waals surface area contributed by atoms with Crippen LogP contribution in [-0.2, 0) is 18.6 Å². The molecule has 0 aliphatic carbocycles. The summed E-state index contributed by atoms with van der Waals surface area (Å²) in [5.41, 5.74) is 4.90. The molecule has 1 unspecified atom stereocenters. The van der Waals surface area contributed by atoms with Gasteiger partial charge in [-0.25, -0.2) is 4.79 Å². The monoisotopic (exact) mass is 253 g/mol. The van der Waals surface area contributed by atoms with E-state index in [-0.39, 0.29) is 0 Å². The molecular formula is C9H20NO5P. The van der Waals surface area contributed by atoms with Crippen LogP contribution in [0.4, 0.5) is 4.79 Å². The number of carbonyl (C=O) groups is 1. The zero-order valence-corrected chi connectivity index (χ0v) is 11.3. The summed E-state index contributed by atoms with van der Waals surface area (Å²) in [4.78, 5) is 11.0. The zero-order valence-electron chi connectivity index (χ0n) is 10.3. The second-order valence-electron chi connectivity index (χ2n) is 4.88. The molecule has 6 nitrogen and oxygen atoms in total. The first-order chi connectivity index (χ1) is 7.02. The van der Waals surface area contributed by atoms with Crippen molar-refractivity contribution in [3.05, 3.63) is 0 Å². The van der Waals surface area contributed by atoms with E-state index in [0.717, 1.165) is 0 Å². The number of hydrogen-bond acceptors (Lipinski definition) is 6. The summed E-state index contributed by atoms with van der Waals surface area (Å²) < 4.78 is 25.5. The van der Waals surface area contributed by atoms with Crippen molar-refractivity contribution in [2.45, 2.75) is 45.5 Å². The minimum absolute atomic E-state index is 0.423. The Bertz CT molecular complexity index is 266. The van der Waals surface area contributed by atoms with Crippen molar-refractivity contribution < 1.29 is 23.4 Å². The Kier molecular flexibility index (Phi) is 5.46. The first-order valence-corrected chi connectivity index (χ1v) is 6.16. The molecule has 96 valence electrons. The molecule has 0 fully saturated rings. The molecule has 0 spiro atoms. The van der Waals surface area contributed by atoms with Crippen LogP contribution in [-0.4, -0.2) is 23.8 Å². The lowest BCUT2D eigenvalue weighted by molar-refractivity contribution is -0.0349. The Morgan fingerprint density at radius 1 is 1.25 bits per heavy atom. The van der Waals surface area contributed by atoms with Gasteiger partial charge in [0, 0.05) is 0 Å². The van der Waals surface area contributed by atoms with Crippen molar-refractivity contribution in [1.82, 2.24) is 0 Å². The first-order valence-electron chi connectivity index (χ1n) is 4.84. The van der Waals surface area contributed by atoms with Gasteiger partial charge < -0.3 is 15.2 Å². The minimum atomic E-state index is -2.45. The summed E-state index contributed by atoms with van der Waals surface area (Å²) in [6.45, 7) is 7.85. The number of rotatable bonds is 4. The molecule has 0 saturated carbocycles. The summed E-state index contributed by atoms with van der Waals surface area (Å²) >= 11 is 0. The van der Waals surface area contributed by atoms with Gasteiger partial charge in [-0.1, -0.05) is 0 Å². The Morgan fingerprint density at radius 3 is 2.12 bits per heavy atom. The van der Waals surface area contributed by atoms with Crippen LogP contribution in [0.3, 0.4) is 0 Å². The van der Waals surface area contributed by atoms with E-state index in [4.69, 9.17) is 15.0 Å². The van der Waals surface area contributed by atoms with Crippen molar-refractivity contribution >= 4 is 14.2 Å². The van der Waals surface area contributed by atoms with Gasteiger partial charge in [0.05, 0.1) is 5.28 Å². The van der Waals surface area contributed by atoms with Gasteiger partial charge in [0.1, 0.15) is 5.60 Å². The molecule has 0 aliphatic heterocycles. The average Bonchev–Trinajstić information content (AvgIpc) is 1.98. The van der Waals surface area contributed by atoms with E-state index in [2.05, 4.69) is 4.74 Å². The van der Waals surface area contributed by atoms with Crippen molar-refractivity contribution in [3.8, 4) is 0 Å². The van der Waals surface area contributed by atoms with E-state index in [1.807, 2.05) is 0 Å². The molecule has 0 bridgehead atoms. The van der Waals surface area contributed by atoms with Gasteiger partial charge in [0.2, 0.25) is 14.8 Å². The van der Waals surface area contributed by atoms with Gasteiger partial charge in [0.15, 0.2) is 0 Å². The van der Waals surface area contributed by atoms with Crippen LogP contribution in [0.15, 0.2) is 0 Å². The van der Waals surface area contributed by atoms with Crippen molar-refractivity contribution in [2.75, 3.05) is 6.79 Å². The Hall–Kier alpha value is -0.580. The van der Waals surface area contributed by atoms with E-state index in [1.165, 1.54) is 0 Å². The topological polar surface area (TPSA) is 87.9 Å². The first kappa shape index (κ1) is 15.4.